The molecule has 2 aromatic carbocycles. The lowest BCUT2D eigenvalue weighted by molar-refractivity contribution is -0.139. The molecule has 1 fully saturated rings. The van der Waals surface area contributed by atoms with Crippen molar-refractivity contribution >= 4 is 39.9 Å². The molecule has 3 aromatic rings. The number of carbonyl (C=O) groups excluding carboxylic acids is 1. The second-order valence-electron chi connectivity index (χ2n) is 7.90. The minimum atomic E-state index is -0.548. The van der Waals surface area contributed by atoms with Crippen molar-refractivity contribution in [3.05, 3.63) is 53.1 Å². The van der Waals surface area contributed by atoms with Gasteiger partial charge in [0.1, 0.15) is 17.9 Å². The Labute approximate surface area is 191 Å². The average Bonchev–Trinajstić information content (AvgIpc) is 2.75. The molecule has 1 saturated heterocycles. The van der Waals surface area contributed by atoms with E-state index in [1.54, 1.807) is 19.2 Å². The fraction of sp³-hybridized carbons (Fsp3) is 0.348. The molecule has 0 unspecified atom stereocenters. The molecule has 0 spiro atoms. The van der Waals surface area contributed by atoms with E-state index < -0.39 is 5.82 Å². The number of methoxy groups -OCH3 is 1. The number of nitrogens with one attached hydrogen (secondary N) is 1. The van der Waals surface area contributed by atoms with E-state index in [0.717, 1.165) is 25.1 Å². The van der Waals surface area contributed by atoms with Crippen molar-refractivity contribution in [3.63, 3.8) is 0 Å². The van der Waals surface area contributed by atoms with E-state index in [-0.39, 0.29) is 22.7 Å². The van der Waals surface area contributed by atoms with Crippen LogP contribution in [0, 0.1) is 5.82 Å². The third-order valence-electron chi connectivity index (χ3n) is 5.85. The van der Waals surface area contributed by atoms with Crippen molar-refractivity contribution in [1.29, 1.82) is 0 Å². The van der Waals surface area contributed by atoms with E-state index in [0.29, 0.717) is 29.0 Å². The molecule has 1 amide bonds. The van der Waals surface area contributed by atoms with Crippen LogP contribution in [0.5, 0.6) is 5.75 Å². The molecule has 2 heterocycles. The number of hydrogen-bond donors (Lipinski definition) is 1. The average molecular weight is 458 g/mol. The van der Waals surface area contributed by atoms with Crippen molar-refractivity contribution in [1.82, 2.24) is 19.8 Å². The molecule has 0 radical (unpaired) electrons. The van der Waals surface area contributed by atoms with Gasteiger partial charge in [0.15, 0.2) is 5.82 Å². The lowest BCUT2D eigenvalue weighted by Crippen LogP contribution is -2.50. The Hall–Kier alpha value is -2.97. The molecule has 7 nitrogen and oxygen atoms in total. The first-order valence-electron chi connectivity index (χ1n) is 10.4. The van der Waals surface area contributed by atoms with Crippen LogP contribution in [0.2, 0.25) is 5.02 Å². The van der Waals surface area contributed by atoms with Gasteiger partial charge in [0.2, 0.25) is 5.91 Å². The number of amides is 1. The number of rotatable bonds is 7. The van der Waals surface area contributed by atoms with Crippen molar-refractivity contribution in [2.45, 2.75) is 25.9 Å². The highest BCUT2D eigenvalue weighted by atomic mass is 35.5. The first-order chi connectivity index (χ1) is 15.4. The van der Waals surface area contributed by atoms with E-state index in [4.69, 9.17) is 16.3 Å². The predicted molar refractivity (Wildman–Crippen MR) is 123 cm³/mol. The zero-order chi connectivity index (χ0) is 22.8. The number of benzene rings is 2. The maximum absolute atomic E-state index is 14.4. The van der Waals surface area contributed by atoms with E-state index >= 15 is 0 Å². The van der Waals surface area contributed by atoms with Crippen LogP contribution in [0.3, 0.4) is 0 Å². The van der Waals surface area contributed by atoms with Crippen LogP contribution >= 0.6 is 11.6 Å². The third kappa shape index (κ3) is 4.33. The van der Waals surface area contributed by atoms with Crippen molar-refractivity contribution < 1.29 is 13.9 Å². The summed E-state index contributed by atoms with van der Waals surface area (Å²) in [4.78, 5) is 25.1. The second kappa shape index (κ2) is 9.26. The Morgan fingerprint density at radius 3 is 2.81 bits per heavy atom. The summed E-state index contributed by atoms with van der Waals surface area (Å²) in [6, 6.07) is 8.22. The molecule has 0 saturated carbocycles. The van der Waals surface area contributed by atoms with Gasteiger partial charge in [-0.05, 0) is 38.6 Å². The van der Waals surface area contributed by atoms with Crippen LogP contribution in [-0.2, 0) is 11.3 Å². The van der Waals surface area contributed by atoms with Crippen LogP contribution < -0.4 is 10.1 Å². The number of hydrogen-bond acceptors (Lipinski definition) is 6. The fourth-order valence-electron chi connectivity index (χ4n) is 3.66. The molecule has 1 N–H and O–H groups in total. The Morgan fingerprint density at radius 1 is 1.34 bits per heavy atom. The maximum Gasteiger partial charge on any atom is 0.239 e. The third-order valence-corrected chi connectivity index (χ3v) is 6.14. The topological polar surface area (TPSA) is 70.6 Å². The number of aromatic nitrogens is 2. The Bertz CT molecular complexity index is 1150. The zero-order valence-corrected chi connectivity index (χ0v) is 19.0. The summed E-state index contributed by atoms with van der Waals surface area (Å²) in [6.45, 7) is 4.04. The molecule has 168 valence electrons. The molecule has 4 rings (SSSR count). The van der Waals surface area contributed by atoms with E-state index in [9.17, 15) is 9.18 Å². The van der Waals surface area contributed by atoms with Gasteiger partial charge in [0, 0.05) is 36.7 Å². The Morgan fingerprint density at radius 2 is 2.12 bits per heavy atom. The SMILES string of the molecule is COc1cc2ncnc(Nc3cccc(Cl)c3F)c2cc1CN(C)[C@H](C)C(=O)N1CCC1. The van der Waals surface area contributed by atoms with Gasteiger partial charge in [-0.1, -0.05) is 17.7 Å². The summed E-state index contributed by atoms with van der Waals surface area (Å²) in [6.07, 6.45) is 2.47. The minimum Gasteiger partial charge on any atom is -0.496 e. The number of ether oxygens (including phenoxy) is 1. The van der Waals surface area contributed by atoms with Gasteiger partial charge in [-0.15, -0.1) is 0 Å². The number of likely N-dealkylation sites (N-methyl/N-ethyl adjacent to an activating group) is 1. The quantitative estimate of drug-likeness (QED) is 0.572. The standard InChI is InChI=1S/C23H25ClFN5O2/c1-14(23(31)30-8-5-9-30)29(2)12-15-10-16-19(11-20(15)32-3)26-13-27-22(16)28-18-7-4-6-17(24)21(18)25/h4,6-7,10-11,13-14H,5,8-9,12H2,1-3H3,(H,26,27,28)/t14-/m1/s1. The number of likely N-dealkylation sites (tertiary alicyclic amines) is 1. The van der Waals surface area contributed by atoms with Crippen molar-refractivity contribution in [2.24, 2.45) is 0 Å². The lowest BCUT2D eigenvalue weighted by atomic mass is 10.1. The molecule has 32 heavy (non-hydrogen) atoms. The first-order valence-corrected chi connectivity index (χ1v) is 10.8. The molecular formula is C23H25ClFN5O2. The summed E-state index contributed by atoms with van der Waals surface area (Å²) in [5, 5.41) is 3.75. The maximum atomic E-state index is 14.4. The summed E-state index contributed by atoms with van der Waals surface area (Å²) in [5.74, 6) is 0.687. The number of anilines is 2. The lowest BCUT2D eigenvalue weighted by Gasteiger charge is -2.36. The number of nitrogens with zero attached hydrogens (tertiary/aromatic N) is 4. The van der Waals surface area contributed by atoms with Gasteiger partial charge in [0.25, 0.3) is 0 Å². The summed E-state index contributed by atoms with van der Waals surface area (Å²) in [7, 11) is 3.51. The van der Waals surface area contributed by atoms with Crippen LogP contribution in [0.4, 0.5) is 15.9 Å². The highest BCUT2D eigenvalue weighted by Gasteiger charge is 2.28. The predicted octanol–water partition coefficient (Wildman–Crippen LogP) is 4.23. The second-order valence-corrected chi connectivity index (χ2v) is 8.31. The number of halogens is 2. The summed E-state index contributed by atoms with van der Waals surface area (Å²) in [5.41, 5.74) is 1.74. The number of carbonyl (C=O) groups is 1. The van der Waals surface area contributed by atoms with E-state index in [1.807, 2.05) is 35.9 Å². The first kappa shape index (κ1) is 22.2. The summed E-state index contributed by atoms with van der Waals surface area (Å²) < 4.78 is 20.0. The van der Waals surface area contributed by atoms with Crippen LogP contribution in [0.15, 0.2) is 36.7 Å². The number of fused-ring (bicyclic) bond motifs is 1. The molecule has 1 atom stereocenters. The minimum absolute atomic E-state index is 0.0261. The monoisotopic (exact) mass is 457 g/mol. The molecule has 1 aliphatic rings. The highest BCUT2D eigenvalue weighted by Crippen LogP contribution is 2.32. The van der Waals surface area contributed by atoms with Crippen molar-refractivity contribution in [3.8, 4) is 5.75 Å². The van der Waals surface area contributed by atoms with Gasteiger partial charge in [-0.25, -0.2) is 14.4 Å². The van der Waals surface area contributed by atoms with Crippen molar-refractivity contribution in [2.75, 3.05) is 32.6 Å². The van der Waals surface area contributed by atoms with Crippen LogP contribution in [0.1, 0.15) is 18.9 Å². The largest absolute Gasteiger partial charge is 0.496 e. The molecule has 9 heteroatoms. The van der Waals surface area contributed by atoms with Crippen LogP contribution in [-0.4, -0.2) is 59.0 Å². The molecule has 1 aromatic heterocycles. The van der Waals surface area contributed by atoms with Gasteiger partial charge in [0.05, 0.1) is 29.4 Å². The molecular weight excluding hydrogens is 433 g/mol. The van der Waals surface area contributed by atoms with E-state index in [2.05, 4.69) is 15.3 Å². The van der Waals surface area contributed by atoms with Gasteiger partial charge in [-0.2, -0.15) is 0 Å². The Kier molecular flexibility index (Phi) is 6.43. The molecule has 1 aliphatic heterocycles. The smallest absolute Gasteiger partial charge is 0.239 e. The molecule has 0 bridgehead atoms. The normalized spacial score (nSPS) is 14.4. The van der Waals surface area contributed by atoms with Gasteiger partial charge < -0.3 is 15.0 Å². The van der Waals surface area contributed by atoms with E-state index in [1.165, 1.54) is 12.4 Å². The zero-order valence-electron chi connectivity index (χ0n) is 18.2. The fourth-order valence-corrected chi connectivity index (χ4v) is 3.84. The molecule has 0 aliphatic carbocycles. The highest BCUT2D eigenvalue weighted by molar-refractivity contribution is 6.31. The van der Waals surface area contributed by atoms with Gasteiger partial charge in [-0.3, -0.25) is 9.69 Å². The summed E-state index contributed by atoms with van der Waals surface area (Å²) >= 11 is 5.91. The Balaban J connectivity index is 1.66. The van der Waals surface area contributed by atoms with Gasteiger partial charge >= 0.3 is 0 Å². The van der Waals surface area contributed by atoms with Crippen LogP contribution in [0.25, 0.3) is 10.9 Å².